The summed E-state index contributed by atoms with van der Waals surface area (Å²) in [5, 5.41) is 7.18. The Bertz CT molecular complexity index is 416. The van der Waals surface area contributed by atoms with E-state index in [2.05, 4.69) is 17.3 Å². The molecule has 0 aliphatic carbocycles. The summed E-state index contributed by atoms with van der Waals surface area (Å²) >= 11 is 1.61. The summed E-state index contributed by atoms with van der Waals surface area (Å²) in [5.41, 5.74) is 8.18. The highest BCUT2D eigenvalue weighted by Gasteiger charge is 2.12. The Morgan fingerprint density at radius 2 is 2.22 bits per heavy atom. The van der Waals surface area contributed by atoms with Gasteiger partial charge in [0.05, 0.1) is 22.8 Å². The first-order valence-electron chi connectivity index (χ1n) is 6.03. The second-order valence-electron chi connectivity index (χ2n) is 4.57. The number of carbonyl (C=O) groups excluding carboxylic acids is 1. The number of amides is 1. The van der Waals surface area contributed by atoms with Gasteiger partial charge in [-0.3, -0.25) is 9.48 Å². The SMILES string of the molecule is Cc1nn(C)c(C)c1NC(=O)CSCC(C)CN. The quantitative estimate of drug-likeness (QED) is 0.817. The molecule has 1 aromatic heterocycles. The zero-order chi connectivity index (χ0) is 13.7. The number of anilines is 1. The summed E-state index contributed by atoms with van der Waals surface area (Å²) in [5.74, 6) is 1.83. The molecular formula is C12H22N4OS. The molecule has 1 atom stereocenters. The zero-order valence-corrected chi connectivity index (χ0v) is 12.3. The maximum absolute atomic E-state index is 11.8. The molecule has 5 nitrogen and oxygen atoms in total. The van der Waals surface area contributed by atoms with E-state index >= 15 is 0 Å². The maximum atomic E-state index is 11.8. The molecule has 0 saturated carbocycles. The lowest BCUT2D eigenvalue weighted by molar-refractivity contribution is -0.113. The minimum atomic E-state index is 0.0171. The summed E-state index contributed by atoms with van der Waals surface area (Å²) in [6, 6.07) is 0. The Morgan fingerprint density at radius 1 is 1.56 bits per heavy atom. The lowest BCUT2D eigenvalue weighted by atomic mass is 10.2. The van der Waals surface area contributed by atoms with E-state index in [0.717, 1.165) is 22.8 Å². The minimum Gasteiger partial charge on any atom is -0.330 e. The van der Waals surface area contributed by atoms with E-state index in [1.807, 2.05) is 20.9 Å². The number of aryl methyl sites for hydroxylation is 2. The van der Waals surface area contributed by atoms with Crippen LogP contribution in [0.2, 0.25) is 0 Å². The third kappa shape index (κ3) is 4.03. The molecule has 3 N–H and O–H groups in total. The normalized spacial score (nSPS) is 12.5. The highest BCUT2D eigenvalue weighted by molar-refractivity contribution is 7.99. The topological polar surface area (TPSA) is 72.9 Å². The minimum absolute atomic E-state index is 0.0171. The van der Waals surface area contributed by atoms with E-state index in [9.17, 15) is 4.79 Å². The van der Waals surface area contributed by atoms with Crippen LogP contribution in [0.4, 0.5) is 5.69 Å². The summed E-state index contributed by atoms with van der Waals surface area (Å²) < 4.78 is 1.77. The number of nitrogens with zero attached hydrogens (tertiary/aromatic N) is 2. The molecule has 0 aliphatic rings. The van der Waals surface area contributed by atoms with Gasteiger partial charge in [-0.2, -0.15) is 16.9 Å². The molecule has 0 aromatic carbocycles. The number of nitrogens with two attached hydrogens (primary N) is 1. The number of carbonyl (C=O) groups is 1. The standard InChI is InChI=1S/C12H22N4OS/c1-8(5-13)6-18-7-11(17)14-12-9(2)15-16(4)10(12)3/h8H,5-7,13H2,1-4H3,(H,14,17). The molecule has 1 rings (SSSR count). The van der Waals surface area contributed by atoms with Gasteiger partial charge in [-0.1, -0.05) is 6.92 Å². The van der Waals surface area contributed by atoms with Gasteiger partial charge >= 0.3 is 0 Å². The molecule has 0 aliphatic heterocycles. The Balaban J connectivity index is 2.45. The number of nitrogens with one attached hydrogen (secondary N) is 1. The van der Waals surface area contributed by atoms with Crippen LogP contribution in [0, 0.1) is 19.8 Å². The van der Waals surface area contributed by atoms with E-state index in [-0.39, 0.29) is 5.91 Å². The van der Waals surface area contributed by atoms with Gasteiger partial charge in [-0.25, -0.2) is 0 Å². The van der Waals surface area contributed by atoms with Crippen molar-refractivity contribution in [2.45, 2.75) is 20.8 Å². The third-order valence-electron chi connectivity index (χ3n) is 2.81. The fourth-order valence-electron chi connectivity index (χ4n) is 1.55. The van der Waals surface area contributed by atoms with Crippen LogP contribution in [0.25, 0.3) is 0 Å². The van der Waals surface area contributed by atoms with E-state index in [1.165, 1.54) is 0 Å². The van der Waals surface area contributed by atoms with Crippen molar-refractivity contribution in [3.05, 3.63) is 11.4 Å². The van der Waals surface area contributed by atoms with E-state index in [1.54, 1.807) is 16.4 Å². The Labute approximate surface area is 112 Å². The lowest BCUT2D eigenvalue weighted by Crippen LogP contribution is -2.18. The fourth-order valence-corrected chi connectivity index (χ4v) is 2.46. The first-order valence-corrected chi connectivity index (χ1v) is 7.19. The predicted molar refractivity (Wildman–Crippen MR) is 76.9 cm³/mol. The van der Waals surface area contributed by atoms with Crippen LogP contribution in [-0.2, 0) is 11.8 Å². The molecule has 0 radical (unpaired) electrons. The monoisotopic (exact) mass is 270 g/mol. The van der Waals surface area contributed by atoms with Gasteiger partial charge < -0.3 is 11.1 Å². The van der Waals surface area contributed by atoms with Crippen molar-refractivity contribution in [2.24, 2.45) is 18.7 Å². The van der Waals surface area contributed by atoms with Crippen molar-refractivity contribution in [1.82, 2.24) is 9.78 Å². The van der Waals surface area contributed by atoms with Gasteiger partial charge in [0.1, 0.15) is 0 Å². The van der Waals surface area contributed by atoms with Gasteiger partial charge in [0, 0.05) is 7.05 Å². The summed E-state index contributed by atoms with van der Waals surface area (Å²) in [4.78, 5) is 11.8. The second-order valence-corrected chi connectivity index (χ2v) is 5.60. The Hall–Kier alpha value is -1.01. The molecule has 102 valence electrons. The maximum Gasteiger partial charge on any atom is 0.234 e. The van der Waals surface area contributed by atoms with E-state index < -0.39 is 0 Å². The molecule has 1 aromatic rings. The van der Waals surface area contributed by atoms with Crippen molar-refractivity contribution >= 4 is 23.4 Å². The van der Waals surface area contributed by atoms with Crippen LogP contribution in [-0.4, -0.2) is 33.7 Å². The lowest BCUT2D eigenvalue weighted by Gasteiger charge is -2.08. The van der Waals surface area contributed by atoms with Crippen LogP contribution in [0.1, 0.15) is 18.3 Å². The van der Waals surface area contributed by atoms with Crippen LogP contribution < -0.4 is 11.1 Å². The molecule has 18 heavy (non-hydrogen) atoms. The zero-order valence-electron chi connectivity index (χ0n) is 11.5. The number of thioether (sulfide) groups is 1. The largest absolute Gasteiger partial charge is 0.330 e. The first kappa shape index (κ1) is 15.0. The molecule has 1 heterocycles. The van der Waals surface area contributed by atoms with Crippen LogP contribution >= 0.6 is 11.8 Å². The molecule has 0 spiro atoms. The molecule has 1 amide bonds. The van der Waals surface area contributed by atoms with Gasteiger partial charge in [-0.05, 0) is 32.1 Å². The highest BCUT2D eigenvalue weighted by Crippen LogP contribution is 2.18. The summed E-state index contributed by atoms with van der Waals surface area (Å²) in [6.45, 7) is 6.58. The molecule has 0 saturated heterocycles. The van der Waals surface area contributed by atoms with E-state index in [0.29, 0.717) is 18.2 Å². The Kier molecular flexibility index (Phi) is 5.68. The smallest absolute Gasteiger partial charge is 0.234 e. The second kappa shape index (κ2) is 6.80. The average molecular weight is 270 g/mol. The van der Waals surface area contributed by atoms with Crippen molar-refractivity contribution < 1.29 is 4.79 Å². The van der Waals surface area contributed by atoms with Crippen molar-refractivity contribution in [2.75, 3.05) is 23.4 Å². The number of hydrogen-bond donors (Lipinski definition) is 2. The molecule has 6 heteroatoms. The van der Waals surface area contributed by atoms with Crippen LogP contribution in [0.5, 0.6) is 0 Å². The molecule has 0 fully saturated rings. The Morgan fingerprint density at radius 3 is 2.72 bits per heavy atom. The van der Waals surface area contributed by atoms with Crippen molar-refractivity contribution in [3.8, 4) is 0 Å². The molecular weight excluding hydrogens is 248 g/mol. The van der Waals surface area contributed by atoms with Crippen LogP contribution in [0.15, 0.2) is 0 Å². The van der Waals surface area contributed by atoms with E-state index in [4.69, 9.17) is 5.73 Å². The average Bonchev–Trinajstić information content (AvgIpc) is 2.56. The van der Waals surface area contributed by atoms with Crippen LogP contribution in [0.3, 0.4) is 0 Å². The number of aromatic nitrogens is 2. The van der Waals surface area contributed by atoms with Crippen molar-refractivity contribution in [1.29, 1.82) is 0 Å². The fraction of sp³-hybridized carbons (Fsp3) is 0.667. The first-order chi connectivity index (χ1) is 8.45. The van der Waals surface area contributed by atoms with Gasteiger partial charge in [-0.15, -0.1) is 0 Å². The third-order valence-corrected chi connectivity index (χ3v) is 4.08. The van der Waals surface area contributed by atoms with Gasteiger partial charge in [0.15, 0.2) is 0 Å². The van der Waals surface area contributed by atoms with Gasteiger partial charge in [0.25, 0.3) is 0 Å². The molecule has 1 unspecified atom stereocenters. The number of hydrogen-bond acceptors (Lipinski definition) is 4. The number of rotatable bonds is 6. The highest BCUT2D eigenvalue weighted by atomic mass is 32.2. The predicted octanol–water partition coefficient (Wildman–Crippen LogP) is 1.30. The summed E-state index contributed by atoms with van der Waals surface area (Å²) in [7, 11) is 1.87. The summed E-state index contributed by atoms with van der Waals surface area (Å²) in [6.07, 6.45) is 0. The molecule has 0 bridgehead atoms. The van der Waals surface area contributed by atoms with Gasteiger partial charge in [0.2, 0.25) is 5.91 Å². The van der Waals surface area contributed by atoms with Crippen molar-refractivity contribution in [3.63, 3.8) is 0 Å².